The summed E-state index contributed by atoms with van der Waals surface area (Å²) in [5, 5.41) is -0.0759. The number of hydrogen-bond donors (Lipinski definition) is 0. The molecule has 4 heteroatoms. The zero-order valence-corrected chi connectivity index (χ0v) is 17.7. The molecule has 0 aromatic carbocycles. The first kappa shape index (κ1) is 20.7. The lowest BCUT2D eigenvalue weighted by Crippen LogP contribution is -2.38. The van der Waals surface area contributed by atoms with Gasteiger partial charge in [-0.2, -0.15) is 0 Å². The molecule has 0 radical (unpaired) electrons. The third-order valence-corrected chi connectivity index (χ3v) is 7.54. The molecule has 2 nitrogen and oxygen atoms in total. The van der Waals surface area contributed by atoms with E-state index >= 15 is 0 Å². The van der Waals surface area contributed by atoms with E-state index in [9.17, 15) is 0 Å². The van der Waals surface area contributed by atoms with Crippen LogP contribution in [-0.2, 0) is 9.31 Å². The fourth-order valence-corrected chi connectivity index (χ4v) is 5.70. The Bertz CT molecular complexity index is 419. The summed E-state index contributed by atoms with van der Waals surface area (Å²) >= 11 is 6.80. The smallest absolute Gasteiger partial charge is 0.404 e. The van der Waals surface area contributed by atoms with Gasteiger partial charge in [0.15, 0.2) is 0 Å². The Kier molecular flexibility index (Phi) is 7.96. The van der Waals surface area contributed by atoms with Gasteiger partial charge in [-0.15, -0.1) is 11.6 Å². The predicted molar refractivity (Wildman–Crippen MR) is 112 cm³/mol. The van der Waals surface area contributed by atoms with Crippen LogP contribution < -0.4 is 0 Å². The molecule has 0 amide bonds. The Labute approximate surface area is 166 Å². The van der Waals surface area contributed by atoms with Crippen molar-refractivity contribution in [2.75, 3.05) is 0 Å². The molecule has 4 atom stereocenters. The van der Waals surface area contributed by atoms with Crippen molar-refractivity contribution in [3.8, 4) is 0 Å². The average Bonchev–Trinajstić information content (AvgIpc) is 3.14. The lowest BCUT2D eigenvalue weighted by atomic mass is 9.77. The van der Waals surface area contributed by atoms with Gasteiger partial charge in [0.25, 0.3) is 0 Å². The maximum Gasteiger partial charge on any atom is 0.476 e. The number of alkyl halides is 1. The molecule has 148 valence electrons. The van der Waals surface area contributed by atoms with Gasteiger partial charge >= 0.3 is 7.12 Å². The van der Waals surface area contributed by atoms with Crippen molar-refractivity contribution in [2.24, 2.45) is 17.8 Å². The topological polar surface area (TPSA) is 18.5 Å². The molecule has 0 aromatic heterocycles. The second kappa shape index (κ2) is 9.98. The molecule has 3 aliphatic rings. The first-order chi connectivity index (χ1) is 12.6. The maximum absolute atomic E-state index is 6.80. The normalized spacial score (nSPS) is 31.1. The molecule has 3 rings (SSSR count). The van der Waals surface area contributed by atoms with Crippen molar-refractivity contribution < 1.29 is 9.31 Å². The highest BCUT2D eigenvalue weighted by Crippen LogP contribution is 2.41. The van der Waals surface area contributed by atoms with Gasteiger partial charge in [-0.25, -0.2) is 0 Å². The van der Waals surface area contributed by atoms with Crippen LogP contribution in [0, 0.1) is 17.8 Å². The Balaban J connectivity index is 1.65. The van der Waals surface area contributed by atoms with Crippen LogP contribution in [0.25, 0.3) is 0 Å². The molecule has 4 unspecified atom stereocenters. The lowest BCUT2D eigenvalue weighted by molar-refractivity contribution is 0.0324. The van der Waals surface area contributed by atoms with E-state index in [0.29, 0.717) is 17.8 Å². The van der Waals surface area contributed by atoms with Gasteiger partial charge in [0.05, 0.1) is 17.5 Å². The zero-order chi connectivity index (χ0) is 18.5. The monoisotopic (exact) mass is 380 g/mol. The molecule has 0 aromatic rings. The van der Waals surface area contributed by atoms with Gasteiger partial charge in [-0.3, -0.25) is 0 Å². The molecule has 2 saturated carbocycles. The van der Waals surface area contributed by atoms with Gasteiger partial charge in [0.1, 0.15) is 0 Å². The van der Waals surface area contributed by atoms with Crippen molar-refractivity contribution in [2.45, 2.75) is 108 Å². The van der Waals surface area contributed by atoms with Crippen molar-refractivity contribution in [1.82, 2.24) is 0 Å². The van der Waals surface area contributed by atoms with Crippen LogP contribution in [0.4, 0.5) is 0 Å². The van der Waals surface area contributed by atoms with Crippen LogP contribution in [0.1, 0.15) is 90.9 Å². The highest BCUT2D eigenvalue weighted by Gasteiger charge is 2.49. The molecule has 0 spiro atoms. The zero-order valence-electron chi connectivity index (χ0n) is 16.9. The van der Waals surface area contributed by atoms with E-state index in [-0.39, 0.29) is 24.6 Å². The maximum atomic E-state index is 6.80. The third-order valence-electron chi connectivity index (χ3n) is 7.16. The number of hydrogen-bond acceptors (Lipinski definition) is 2. The van der Waals surface area contributed by atoms with Crippen LogP contribution in [0.15, 0.2) is 12.2 Å². The Morgan fingerprint density at radius 2 is 1.42 bits per heavy atom. The summed E-state index contributed by atoms with van der Waals surface area (Å²) in [5.74, 6) is 1.77. The highest BCUT2D eigenvalue weighted by molar-refractivity contribution is 6.59. The minimum Gasteiger partial charge on any atom is -0.404 e. The first-order valence-corrected chi connectivity index (χ1v) is 11.7. The summed E-state index contributed by atoms with van der Waals surface area (Å²) in [6.45, 7) is 8.59. The van der Waals surface area contributed by atoms with Crippen LogP contribution in [-0.4, -0.2) is 24.6 Å². The van der Waals surface area contributed by atoms with E-state index in [2.05, 4.69) is 20.4 Å². The van der Waals surface area contributed by atoms with E-state index in [1.165, 1.54) is 69.8 Å². The van der Waals surface area contributed by atoms with Gasteiger partial charge in [-0.05, 0) is 56.3 Å². The SMILES string of the molecule is C=C(CC)C(C)CC(Cl)B1OC(C2CCCCC2)C(C2CCCCC2)O1. The van der Waals surface area contributed by atoms with Gasteiger partial charge in [0.2, 0.25) is 0 Å². The molecule has 0 bridgehead atoms. The molecule has 1 aliphatic heterocycles. The van der Waals surface area contributed by atoms with Crippen LogP contribution in [0.2, 0.25) is 0 Å². The summed E-state index contributed by atoms with van der Waals surface area (Å²) in [6.07, 6.45) is 15.9. The number of allylic oxidation sites excluding steroid dienone is 1. The quantitative estimate of drug-likeness (QED) is 0.283. The standard InChI is InChI=1S/C22H38BClO2/c1-4-16(2)17(3)15-20(24)23-25-21(18-11-7-5-8-12-18)22(26-23)19-13-9-6-10-14-19/h17-22H,2,4-15H2,1,3H3. The third kappa shape index (κ3) is 5.09. The van der Waals surface area contributed by atoms with E-state index in [1.807, 2.05) is 0 Å². The fourth-order valence-electron chi connectivity index (χ4n) is 5.32. The molecule has 1 saturated heterocycles. The summed E-state index contributed by atoms with van der Waals surface area (Å²) in [5.41, 5.74) is 1.28. The fraction of sp³-hybridized carbons (Fsp3) is 0.909. The van der Waals surface area contributed by atoms with Crippen LogP contribution in [0.3, 0.4) is 0 Å². The molecule has 2 aliphatic carbocycles. The average molecular weight is 381 g/mol. The van der Waals surface area contributed by atoms with Gasteiger partial charge in [0, 0.05) is 0 Å². The summed E-state index contributed by atoms with van der Waals surface area (Å²) in [4.78, 5) is 0. The summed E-state index contributed by atoms with van der Waals surface area (Å²) < 4.78 is 13.1. The molecular weight excluding hydrogens is 343 g/mol. The molecule has 3 fully saturated rings. The molecule has 1 heterocycles. The molecule has 0 N–H and O–H groups in total. The number of halogens is 1. The molecule has 26 heavy (non-hydrogen) atoms. The van der Waals surface area contributed by atoms with Gasteiger partial charge in [-0.1, -0.05) is 64.5 Å². The lowest BCUT2D eigenvalue weighted by Gasteiger charge is -2.35. The van der Waals surface area contributed by atoms with Crippen molar-refractivity contribution in [3.05, 3.63) is 12.2 Å². The second-order valence-electron chi connectivity index (χ2n) is 9.03. The highest BCUT2D eigenvalue weighted by atomic mass is 35.5. The van der Waals surface area contributed by atoms with E-state index in [0.717, 1.165) is 12.8 Å². The Morgan fingerprint density at radius 1 is 0.962 bits per heavy atom. The number of rotatable bonds is 7. The van der Waals surface area contributed by atoms with Crippen LogP contribution in [0.5, 0.6) is 0 Å². The Hall–Kier alpha value is 0.0149. The summed E-state index contributed by atoms with van der Waals surface area (Å²) in [7, 11) is -0.234. The van der Waals surface area contributed by atoms with Gasteiger partial charge < -0.3 is 9.31 Å². The largest absolute Gasteiger partial charge is 0.476 e. The first-order valence-electron chi connectivity index (χ1n) is 11.2. The predicted octanol–water partition coefficient (Wildman–Crippen LogP) is 6.56. The van der Waals surface area contributed by atoms with Crippen LogP contribution >= 0.6 is 11.6 Å². The summed E-state index contributed by atoms with van der Waals surface area (Å²) in [6, 6.07) is 0. The van der Waals surface area contributed by atoms with E-state index in [4.69, 9.17) is 20.9 Å². The molecular formula is C22H38BClO2. The Morgan fingerprint density at radius 3 is 1.85 bits per heavy atom. The van der Waals surface area contributed by atoms with E-state index in [1.54, 1.807) is 0 Å². The second-order valence-corrected chi connectivity index (χ2v) is 9.59. The van der Waals surface area contributed by atoms with Crippen molar-refractivity contribution >= 4 is 18.7 Å². The minimum absolute atomic E-state index is 0.0759. The van der Waals surface area contributed by atoms with Crippen molar-refractivity contribution in [1.29, 1.82) is 0 Å². The van der Waals surface area contributed by atoms with Crippen molar-refractivity contribution in [3.63, 3.8) is 0 Å². The minimum atomic E-state index is -0.234. The van der Waals surface area contributed by atoms with E-state index < -0.39 is 0 Å².